The summed E-state index contributed by atoms with van der Waals surface area (Å²) < 4.78 is 0. The van der Waals surface area contributed by atoms with Gasteiger partial charge in [-0.05, 0) is 42.5 Å². The normalized spacial score (nSPS) is 10.7. The number of fused-ring (bicyclic) bond motifs is 1. The quantitative estimate of drug-likeness (QED) is 0.465. The van der Waals surface area contributed by atoms with Crippen molar-refractivity contribution < 1.29 is 9.59 Å². The zero-order chi connectivity index (χ0) is 22.0. The Bertz CT molecular complexity index is 1280. The first kappa shape index (κ1) is 20.6. The van der Waals surface area contributed by atoms with Crippen molar-refractivity contribution in [2.45, 2.75) is 0 Å². The Labute approximate surface area is 185 Å². The van der Waals surface area contributed by atoms with Gasteiger partial charge in [-0.1, -0.05) is 48.0 Å². The highest BCUT2D eigenvalue weighted by Crippen LogP contribution is 2.30. The lowest BCUT2D eigenvalue weighted by molar-refractivity contribution is 0.0827. The summed E-state index contributed by atoms with van der Waals surface area (Å²) in [5.41, 5.74) is 3.74. The van der Waals surface area contributed by atoms with E-state index >= 15 is 0 Å². The molecule has 0 radical (unpaired) electrons. The molecule has 0 bridgehead atoms. The van der Waals surface area contributed by atoms with Gasteiger partial charge in [0.05, 0.1) is 16.8 Å². The number of carbonyl (C=O) groups is 2. The van der Waals surface area contributed by atoms with Crippen LogP contribution in [-0.2, 0) is 0 Å². The topological polar surface area (TPSA) is 62.3 Å². The van der Waals surface area contributed by atoms with Gasteiger partial charge < -0.3 is 10.2 Å². The molecule has 0 unspecified atom stereocenters. The number of pyridine rings is 1. The highest BCUT2D eigenvalue weighted by atomic mass is 35.5. The minimum Gasteiger partial charge on any atom is -0.345 e. The second-order valence-electron chi connectivity index (χ2n) is 7.28. The molecule has 0 atom stereocenters. The number of aromatic nitrogens is 1. The van der Waals surface area contributed by atoms with E-state index in [-0.39, 0.29) is 11.8 Å². The summed E-state index contributed by atoms with van der Waals surface area (Å²) in [5.74, 6) is -0.360. The summed E-state index contributed by atoms with van der Waals surface area (Å²) >= 11 is 6.36. The molecule has 0 aliphatic carbocycles. The lowest BCUT2D eigenvalue weighted by Crippen LogP contribution is -2.21. The van der Waals surface area contributed by atoms with Crippen LogP contribution in [0, 0.1) is 0 Å². The Kier molecular flexibility index (Phi) is 5.69. The van der Waals surface area contributed by atoms with Crippen LogP contribution in [0.4, 0.5) is 5.69 Å². The average molecular weight is 430 g/mol. The number of carbonyl (C=O) groups excluding carboxylic acids is 2. The molecular formula is C25H20ClN3O2. The number of hydrogen-bond donors (Lipinski definition) is 1. The van der Waals surface area contributed by atoms with Gasteiger partial charge in [0.1, 0.15) is 0 Å². The van der Waals surface area contributed by atoms with E-state index in [9.17, 15) is 9.59 Å². The predicted octanol–water partition coefficient (Wildman–Crippen LogP) is 5.51. The van der Waals surface area contributed by atoms with Crippen molar-refractivity contribution in [3.8, 4) is 11.3 Å². The first-order valence-electron chi connectivity index (χ1n) is 9.72. The maximum atomic E-state index is 13.2. The van der Waals surface area contributed by atoms with Crippen LogP contribution in [0.1, 0.15) is 20.7 Å². The summed E-state index contributed by atoms with van der Waals surface area (Å²) in [5, 5.41) is 4.23. The molecule has 0 spiro atoms. The van der Waals surface area contributed by atoms with Crippen LogP contribution in [0.25, 0.3) is 22.2 Å². The molecule has 31 heavy (non-hydrogen) atoms. The highest BCUT2D eigenvalue weighted by molar-refractivity contribution is 6.33. The van der Waals surface area contributed by atoms with Gasteiger partial charge in [0.2, 0.25) is 0 Å². The zero-order valence-electron chi connectivity index (χ0n) is 17.1. The van der Waals surface area contributed by atoms with E-state index in [0.29, 0.717) is 33.0 Å². The molecule has 0 saturated heterocycles. The van der Waals surface area contributed by atoms with Crippen LogP contribution in [0.3, 0.4) is 0 Å². The first-order valence-corrected chi connectivity index (χ1v) is 10.1. The van der Waals surface area contributed by atoms with Crippen molar-refractivity contribution in [3.05, 3.63) is 95.0 Å². The number of para-hydroxylation sites is 1. The van der Waals surface area contributed by atoms with Crippen LogP contribution in [-0.4, -0.2) is 35.8 Å². The maximum absolute atomic E-state index is 13.2. The minimum atomic E-state index is -0.265. The maximum Gasteiger partial charge on any atom is 0.256 e. The largest absolute Gasteiger partial charge is 0.345 e. The lowest BCUT2D eigenvalue weighted by Gasteiger charge is -2.13. The minimum absolute atomic E-state index is 0.0950. The Balaban J connectivity index is 1.71. The van der Waals surface area contributed by atoms with E-state index in [1.807, 2.05) is 42.5 Å². The van der Waals surface area contributed by atoms with Crippen LogP contribution in [0.2, 0.25) is 5.02 Å². The number of nitrogens with one attached hydrogen (secondary N) is 1. The fourth-order valence-electron chi connectivity index (χ4n) is 3.32. The lowest BCUT2D eigenvalue weighted by atomic mass is 10.0. The van der Waals surface area contributed by atoms with Gasteiger partial charge >= 0.3 is 0 Å². The second kappa shape index (κ2) is 8.58. The number of anilines is 1. The van der Waals surface area contributed by atoms with Crippen LogP contribution >= 0.6 is 11.6 Å². The van der Waals surface area contributed by atoms with Crippen molar-refractivity contribution in [2.75, 3.05) is 19.4 Å². The smallest absolute Gasteiger partial charge is 0.256 e. The van der Waals surface area contributed by atoms with Gasteiger partial charge in [0.25, 0.3) is 11.8 Å². The predicted molar refractivity (Wildman–Crippen MR) is 125 cm³/mol. The van der Waals surface area contributed by atoms with E-state index < -0.39 is 0 Å². The van der Waals surface area contributed by atoms with E-state index in [1.54, 1.807) is 50.5 Å². The van der Waals surface area contributed by atoms with E-state index in [2.05, 4.69) is 5.32 Å². The molecule has 4 rings (SSSR count). The summed E-state index contributed by atoms with van der Waals surface area (Å²) in [6.07, 6.45) is 0. The van der Waals surface area contributed by atoms with Crippen LogP contribution < -0.4 is 5.32 Å². The summed E-state index contributed by atoms with van der Waals surface area (Å²) in [4.78, 5) is 31.4. The highest BCUT2D eigenvalue weighted by Gasteiger charge is 2.16. The van der Waals surface area contributed by atoms with Crippen molar-refractivity contribution in [1.82, 2.24) is 9.88 Å². The molecule has 0 aliphatic rings. The van der Waals surface area contributed by atoms with Gasteiger partial charge in [-0.2, -0.15) is 0 Å². The Morgan fingerprint density at radius 2 is 1.58 bits per heavy atom. The number of amides is 2. The molecule has 1 N–H and O–H groups in total. The van der Waals surface area contributed by atoms with E-state index in [4.69, 9.17) is 16.6 Å². The number of hydrogen-bond acceptors (Lipinski definition) is 3. The first-order chi connectivity index (χ1) is 14.9. The molecule has 0 aliphatic heterocycles. The van der Waals surface area contributed by atoms with Gasteiger partial charge in [0.15, 0.2) is 0 Å². The number of benzene rings is 3. The van der Waals surface area contributed by atoms with Crippen molar-refractivity contribution in [3.63, 3.8) is 0 Å². The van der Waals surface area contributed by atoms with Crippen LogP contribution in [0.5, 0.6) is 0 Å². The summed E-state index contributed by atoms with van der Waals surface area (Å²) in [7, 11) is 3.40. The second-order valence-corrected chi connectivity index (χ2v) is 7.69. The molecule has 0 saturated carbocycles. The summed E-state index contributed by atoms with van der Waals surface area (Å²) in [6.45, 7) is 0. The Hall–Kier alpha value is -3.70. The summed E-state index contributed by atoms with van der Waals surface area (Å²) in [6, 6.07) is 23.5. The average Bonchev–Trinajstić information content (AvgIpc) is 2.78. The third-order valence-corrected chi connectivity index (χ3v) is 5.24. The molecule has 5 nitrogen and oxygen atoms in total. The molecule has 1 aromatic heterocycles. The SMILES string of the molecule is CN(C)C(=O)c1ccc(NC(=O)c2cc(-c3ccccc3Cl)nc3ccccc23)cc1. The number of nitrogens with zero attached hydrogens (tertiary/aromatic N) is 2. The molecule has 3 aromatic carbocycles. The van der Waals surface area contributed by atoms with Crippen molar-refractivity contribution >= 4 is 40.0 Å². The van der Waals surface area contributed by atoms with Crippen molar-refractivity contribution in [2.24, 2.45) is 0 Å². The van der Waals surface area contributed by atoms with Crippen LogP contribution in [0.15, 0.2) is 78.9 Å². The molecule has 1 heterocycles. The molecule has 154 valence electrons. The van der Waals surface area contributed by atoms with Gasteiger partial charge in [-0.3, -0.25) is 9.59 Å². The van der Waals surface area contributed by atoms with Crippen molar-refractivity contribution in [1.29, 1.82) is 0 Å². The van der Waals surface area contributed by atoms with E-state index in [0.717, 1.165) is 10.9 Å². The fourth-order valence-corrected chi connectivity index (χ4v) is 3.56. The molecule has 2 amide bonds. The molecular weight excluding hydrogens is 410 g/mol. The Morgan fingerprint density at radius 1 is 0.903 bits per heavy atom. The standard InChI is InChI=1S/C25H20ClN3O2/c1-29(2)25(31)16-11-13-17(14-12-16)27-24(30)20-15-23(19-8-3-5-9-21(19)26)28-22-10-6-4-7-18(20)22/h3-15H,1-2H3,(H,27,30). The van der Waals surface area contributed by atoms with Gasteiger partial charge in [-0.15, -0.1) is 0 Å². The van der Waals surface area contributed by atoms with Gasteiger partial charge in [0, 0.05) is 41.3 Å². The molecule has 6 heteroatoms. The number of rotatable bonds is 4. The van der Waals surface area contributed by atoms with Gasteiger partial charge in [-0.25, -0.2) is 4.98 Å². The monoisotopic (exact) mass is 429 g/mol. The number of halogens is 1. The zero-order valence-corrected chi connectivity index (χ0v) is 17.9. The Morgan fingerprint density at radius 3 is 2.29 bits per heavy atom. The third kappa shape index (κ3) is 4.27. The third-order valence-electron chi connectivity index (χ3n) is 4.91. The fraction of sp³-hybridized carbons (Fsp3) is 0.0800. The molecule has 4 aromatic rings. The van der Waals surface area contributed by atoms with E-state index in [1.165, 1.54) is 4.90 Å². The molecule has 0 fully saturated rings.